The van der Waals surface area contributed by atoms with Crippen molar-refractivity contribution in [3.05, 3.63) is 46.2 Å². The Bertz CT molecular complexity index is 592. The second-order valence-corrected chi connectivity index (χ2v) is 6.75. The first-order valence-electron chi connectivity index (χ1n) is 7.85. The molecule has 0 amide bonds. The highest BCUT2D eigenvalue weighted by molar-refractivity contribution is 7.10. The van der Waals surface area contributed by atoms with Gasteiger partial charge < -0.3 is 10.1 Å². The van der Waals surface area contributed by atoms with E-state index in [9.17, 15) is 0 Å². The number of rotatable bonds is 5. The summed E-state index contributed by atoms with van der Waals surface area (Å²) in [5, 5.41) is 5.90. The van der Waals surface area contributed by atoms with Gasteiger partial charge in [-0.3, -0.25) is 0 Å². The van der Waals surface area contributed by atoms with Gasteiger partial charge in [-0.05, 0) is 61.7 Å². The minimum Gasteiger partial charge on any atom is -0.491 e. The molecule has 2 unspecified atom stereocenters. The van der Waals surface area contributed by atoms with Crippen molar-refractivity contribution in [1.29, 1.82) is 0 Å². The molecule has 1 aliphatic rings. The van der Waals surface area contributed by atoms with Crippen molar-refractivity contribution in [3.8, 4) is 5.75 Å². The van der Waals surface area contributed by atoms with E-state index < -0.39 is 0 Å². The lowest BCUT2D eigenvalue weighted by Crippen LogP contribution is -2.15. The van der Waals surface area contributed by atoms with Crippen LogP contribution in [0.15, 0.2) is 35.7 Å². The Morgan fingerprint density at radius 3 is 3.14 bits per heavy atom. The number of fused-ring (bicyclic) bond motifs is 1. The molecule has 1 aliphatic carbocycles. The number of hydrogen-bond acceptors (Lipinski definition) is 3. The van der Waals surface area contributed by atoms with E-state index >= 15 is 0 Å². The molecule has 3 rings (SSSR count). The first-order valence-corrected chi connectivity index (χ1v) is 8.73. The molecule has 0 fully saturated rings. The summed E-state index contributed by atoms with van der Waals surface area (Å²) < 4.78 is 5.91. The summed E-state index contributed by atoms with van der Waals surface area (Å²) in [5.41, 5.74) is 2.64. The zero-order valence-electron chi connectivity index (χ0n) is 12.8. The highest BCUT2D eigenvalue weighted by Crippen LogP contribution is 2.36. The van der Waals surface area contributed by atoms with Crippen LogP contribution in [0.4, 0.5) is 5.69 Å². The van der Waals surface area contributed by atoms with Gasteiger partial charge in [0.2, 0.25) is 0 Å². The third-order valence-electron chi connectivity index (χ3n) is 4.14. The van der Waals surface area contributed by atoms with E-state index in [4.69, 9.17) is 4.74 Å². The maximum Gasteiger partial charge on any atom is 0.121 e. The predicted molar refractivity (Wildman–Crippen MR) is 90.4 cm³/mol. The minimum absolute atomic E-state index is 0.262. The number of hydrogen-bond donors (Lipinski definition) is 1. The van der Waals surface area contributed by atoms with Gasteiger partial charge in [0.25, 0.3) is 0 Å². The second kappa shape index (κ2) is 6.52. The topological polar surface area (TPSA) is 21.3 Å². The Kier molecular flexibility index (Phi) is 4.49. The Morgan fingerprint density at radius 1 is 1.38 bits per heavy atom. The van der Waals surface area contributed by atoms with Gasteiger partial charge in [0.15, 0.2) is 0 Å². The second-order valence-electron chi connectivity index (χ2n) is 5.75. The number of thiophene rings is 1. The average molecular weight is 301 g/mol. The minimum atomic E-state index is 0.262. The lowest BCUT2D eigenvalue weighted by atomic mass is 9.94. The Balaban J connectivity index is 1.73. The molecule has 21 heavy (non-hydrogen) atoms. The lowest BCUT2D eigenvalue weighted by Gasteiger charge is -2.25. The maximum absolute atomic E-state index is 5.91. The van der Waals surface area contributed by atoms with Gasteiger partial charge in [0.05, 0.1) is 12.1 Å². The SMILES string of the molecule is CCC(C)Oc1cccc(NC2CCCc3sccc32)c1. The molecular formula is C18H23NOS. The molecule has 2 nitrogen and oxygen atoms in total. The monoisotopic (exact) mass is 301 g/mol. The van der Waals surface area contributed by atoms with Crippen LogP contribution in [0.2, 0.25) is 0 Å². The molecule has 0 bridgehead atoms. The van der Waals surface area contributed by atoms with Crippen molar-refractivity contribution in [2.45, 2.75) is 51.7 Å². The normalized spacial score (nSPS) is 18.9. The van der Waals surface area contributed by atoms with Gasteiger partial charge in [-0.15, -0.1) is 11.3 Å². The van der Waals surface area contributed by atoms with Gasteiger partial charge in [-0.2, -0.15) is 0 Å². The highest BCUT2D eigenvalue weighted by Gasteiger charge is 2.21. The fourth-order valence-corrected chi connectivity index (χ4v) is 3.80. The van der Waals surface area contributed by atoms with Gasteiger partial charge in [0.1, 0.15) is 5.75 Å². The highest BCUT2D eigenvalue weighted by atomic mass is 32.1. The molecular weight excluding hydrogens is 278 g/mol. The Hall–Kier alpha value is -1.48. The molecule has 2 atom stereocenters. The van der Waals surface area contributed by atoms with Crippen LogP contribution in [-0.4, -0.2) is 6.10 Å². The van der Waals surface area contributed by atoms with Crippen molar-refractivity contribution in [2.75, 3.05) is 5.32 Å². The molecule has 0 saturated carbocycles. The van der Waals surface area contributed by atoms with Crippen molar-refractivity contribution in [1.82, 2.24) is 0 Å². The van der Waals surface area contributed by atoms with Crippen molar-refractivity contribution < 1.29 is 4.74 Å². The molecule has 1 N–H and O–H groups in total. The van der Waals surface area contributed by atoms with Gasteiger partial charge in [-0.1, -0.05) is 13.0 Å². The van der Waals surface area contributed by atoms with Crippen molar-refractivity contribution in [3.63, 3.8) is 0 Å². The summed E-state index contributed by atoms with van der Waals surface area (Å²) >= 11 is 1.89. The molecule has 2 aromatic rings. The predicted octanol–water partition coefficient (Wildman–Crippen LogP) is 5.41. The van der Waals surface area contributed by atoms with E-state index in [-0.39, 0.29) is 6.10 Å². The number of nitrogens with one attached hydrogen (secondary N) is 1. The standard InChI is InChI=1S/C18H23NOS/c1-3-13(2)20-15-7-4-6-14(12-15)19-17-8-5-9-18-16(17)10-11-21-18/h4,6-7,10-13,17,19H,3,5,8-9H2,1-2H3. The molecule has 0 saturated heterocycles. The van der Waals surface area contributed by atoms with E-state index in [0.29, 0.717) is 6.04 Å². The summed E-state index contributed by atoms with van der Waals surface area (Å²) in [4.78, 5) is 1.55. The van der Waals surface area contributed by atoms with E-state index in [1.807, 2.05) is 17.4 Å². The van der Waals surface area contributed by atoms with Crippen LogP contribution in [0.3, 0.4) is 0 Å². The van der Waals surface area contributed by atoms with Crippen LogP contribution in [0.1, 0.15) is 49.6 Å². The number of benzene rings is 1. The molecule has 1 heterocycles. The van der Waals surface area contributed by atoms with Crippen LogP contribution < -0.4 is 10.1 Å². The van der Waals surface area contributed by atoms with Crippen molar-refractivity contribution in [2.24, 2.45) is 0 Å². The molecule has 1 aromatic carbocycles. The summed E-state index contributed by atoms with van der Waals surface area (Å²) in [6.45, 7) is 4.26. The van der Waals surface area contributed by atoms with Crippen LogP contribution in [0, 0.1) is 0 Å². The molecule has 0 spiro atoms. The van der Waals surface area contributed by atoms with Gasteiger partial charge in [-0.25, -0.2) is 0 Å². The Labute approximate surface area is 131 Å². The van der Waals surface area contributed by atoms with E-state index in [2.05, 4.69) is 48.8 Å². The number of ether oxygens (including phenoxy) is 1. The zero-order valence-corrected chi connectivity index (χ0v) is 13.6. The average Bonchev–Trinajstić information content (AvgIpc) is 2.97. The quantitative estimate of drug-likeness (QED) is 0.796. The van der Waals surface area contributed by atoms with Gasteiger partial charge in [0, 0.05) is 16.6 Å². The zero-order chi connectivity index (χ0) is 14.7. The fraction of sp³-hybridized carbons (Fsp3) is 0.444. The molecule has 1 aromatic heterocycles. The largest absolute Gasteiger partial charge is 0.491 e. The third-order valence-corrected chi connectivity index (χ3v) is 5.14. The van der Waals surface area contributed by atoms with E-state index in [1.165, 1.54) is 24.8 Å². The maximum atomic E-state index is 5.91. The molecule has 0 aliphatic heterocycles. The molecule has 112 valence electrons. The summed E-state index contributed by atoms with van der Waals surface area (Å²) in [6.07, 6.45) is 5.01. The number of aryl methyl sites for hydroxylation is 1. The summed E-state index contributed by atoms with van der Waals surface area (Å²) in [6, 6.07) is 11.1. The Morgan fingerprint density at radius 2 is 2.29 bits per heavy atom. The summed E-state index contributed by atoms with van der Waals surface area (Å²) in [7, 11) is 0. The van der Waals surface area contributed by atoms with Crippen LogP contribution >= 0.6 is 11.3 Å². The van der Waals surface area contributed by atoms with E-state index in [1.54, 1.807) is 4.88 Å². The smallest absolute Gasteiger partial charge is 0.121 e. The molecule has 0 radical (unpaired) electrons. The van der Waals surface area contributed by atoms with Crippen LogP contribution in [0.25, 0.3) is 0 Å². The van der Waals surface area contributed by atoms with Crippen LogP contribution in [0.5, 0.6) is 5.75 Å². The van der Waals surface area contributed by atoms with Crippen LogP contribution in [-0.2, 0) is 6.42 Å². The summed E-state index contributed by atoms with van der Waals surface area (Å²) in [5.74, 6) is 0.954. The fourth-order valence-electron chi connectivity index (χ4n) is 2.81. The first-order chi connectivity index (χ1) is 10.3. The molecule has 3 heteroatoms. The first kappa shape index (κ1) is 14.5. The lowest BCUT2D eigenvalue weighted by molar-refractivity contribution is 0.217. The number of anilines is 1. The third kappa shape index (κ3) is 3.41. The van der Waals surface area contributed by atoms with Crippen molar-refractivity contribution >= 4 is 17.0 Å². The van der Waals surface area contributed by atoms with Gasteiger partial charge >= 0.3 is 0 Å². The van der Waals surface area contributed by atoms with E-state index in [0.717, 1.165) is 17.9 Å².